The smallest absolute Gasteiger partial charge is 0.0408 e. The zero-order valence-electron chi connectivity index (χ0n) is 11.2. The van der Waals surface area contributed by atoms with E-state index in [1.165, 1.54) is 24.2 Å². The van der Waals surface area contributed by atoms with E-state index in [2.05, 4.69) is 36.7 Å². The fourth-order valence-electron chi connectivity index (χ4n) is 2.53. The largest absolute Gasteiger partial charge is 0.314 e. The van der Waals surface area contributed by atoms with Crippen molar-refractivity contribution in [3.05, 3.63) is 34.9 Å². The van der Waals surface area contributed by atoms with Gasteiger partial charge in [0.25, 0.3) is 0 Å². The lowest BCUT2D eigenvalue weighted by molar-refractivity contribution is 0.282. The fraction of sp³-hybridized carbons (Fsp3) is 0.600. The highest BCUT2D eigenvalue weighted by molar-refractivity contribution is 7.98. The van der Waals surface area contributed by atoms with Crippen LogP contribution in [0.5, 0.6) is 0 Å². The van der Waals surface area contributed by atoms with Gasteiger partial charge in [0.1, 0.15) is 0 Å². The van der Waals surface area contributed by atoms with E-state index in [0.717, 1.165) is 17.5 Å². The third-order valence-corrected chi connectivity index (χ3v) is 4.80. The van der Waals surface area contributed by atoms with E-state index in [9.17, 15) is 0 Å². The lowest BCUT2D eigenvalue weighted by Crippen LogP contribution is -2.42. The van der Waals surface area contributed by atoms with E-state index in [0.29, 0.717) is 12.0 Å². The molecule has 1 unspecified atom stereocenters. The van der Waals surface area contributed by atoms with Crippen molar-refractivity contribution >= 4 is 23.4 Å². The molecular formula is C15H22ClNS. The maximum absolute atomic E-state index is 6.03. The van der Waals surface area contributed by atoms with Gasteiger partial charge in [0.2, 0.25) is 0 Å². The molecule has 2 rings (SSSR count). The van der Waals surface area contributed by atoms with Gasteiger partial charge in [0, 0.05) is 11.1 Å². The molecule has 0 heterocycles. The topological polar surface area (TPSA) is 12.0 Å². The molecule has 0 aromatic heterocycles. The van der Waals surface area contributed by atoms with Crippen molar-refractivity contribution in [2.45, 2.75) is 31.7 Å². The number of thioether (sulfide) groups is 1. The standard InChI is InChI=1S/C15H22ClNS/c1-11(10-18-2)9-17-15-7-13(8-15)12-4-3-5-14(16)6-12/h3-6,11,13,15,17H,7-10H2,1-2H3. The third kappa shape index (κ3) is 3.91. The van der Waals surface area contributed by atoms with Gasteiger partial charge in [-0.15, -0.1) is 0 Å². The highest BCUT2D eigenvalue weighted by Gasteiger charge is 2.29. The summed E-state index contributed by atoms with van der Waals surface area (Å²) in [6.45, 7) is 3.46. The molecule has 0 bridgehead atoms. The number of hydrogen-bond donors (Lipinski definition) is 1. The van der Waals surface area contributed by atoms with Gasteiger partial charge in [-0.3, -0.25) is 0 Å². The van der Waals surface area contributed by atoms with E-state index in [1.807, 2.05) is 17.8 Å². The highest BCUT2D eigenvalue weighted by Crippen LogP contribution is 2.37. The second kappa shape index (κ2) is 6.83. The van der Waals surface area contributed by atoms with Crippen molar-refractivity contribution in [1.29, 1.82) is 0 Å². The van der Waals surface area contributed by atoms with Crippen molar-refractivity contribution in [3.8, 4) is 0 Å². The maximum atomic E-state index is 6.03. The summed E-state index contributed by atoms with van der Waals surface area (Å²) in [7, 11) is 0. The first kappa shape index (κ1) is 14.2. The molecule has 3 heteroatoms. The number of halogens is 1. The molecule has 1 N–H and O–H groups in total. The summed E-state index contributed by atoms with van der Waals surface area (Å²) < 4.78 is 0. The van der Waals surface area contributed by atoms with Crippen LogP contribution in [-0.4, -0.2) is 24.6 Å². The summed E-state index contributed by atoms with van der Waals surface area (Å²) >= 11 is 7.96. The molecule has 0 saturated heterocycles. The van der Waals surface area contributed by atoms with Gasteiger partial charge in [0.15, 0.2) is 0 Å². The van der Waals surface area contributed by atoms with Crippen LogP contribution in [0.15, 0.2) is 24.3 Å². The van der Waals surface area contributed by atoms with Gasteiger partial charge in [-0.25, -0.2) is 0 Å². The lowest BCUT2D eigenvalue weighted by atomic mass is 9.76. The van der Waals surface area contributed by atoms with E-state index >= 15 is 0 Å². The molecule has 1 aromatic rings. The minimum absolute atomic E-state index is 0.706. The molecule has 1 nitrogen and oxygen atoms in total. The Morgan fingerprint density at radius 2 is 2.22 bits per heavy atom. The molecule has 1 aliphatic carbocycles. The summed E-state index contributed by atoms with van der Waals surface area (Å²) in [6, 6.07) is 9.02. The summed E-state index contributed by atoms with van der Waals surface area (Å²) in [4.78, 5) is 0. The van der Waals surface area contributed by atoms with Gasteiger partial charge in [-0.2, -0.15) is 11.8 Å². The average molecular weight is 284 g/mol. The normalized spacial score (nSPS) is 24.6. The first-order chi connectivity index (χ1) is 8.69. The van der Waals surface area contributed by atoms with Crippen molar-refractivity contribution in [1.82, 2.24) is 5.32 Å². The Hall–Kier alpha value is -0.180. The van der Waals surface area contributed by atoms with E-state index in [4.69, 9.17) is 11.6 Å². The number of nitrogens with one attached hydrogen (secondary N) is 1. The second-order valence-corrected chi connectivity index (χ2v) is 6.74. The summed E-state index contributed by atoms with van der Waals surface area (Å²) in [6.07, 6.45) is 4.69. The lowest BCUT2D eigenvalue weighted by Gasteiger charge is -2.37. The molecule has 1 aromatic carbocycles. The van der Waals surface area contributed by atoms with Crippen LogP contribution in [0.4, 0.5) is 0 Å². The molecule has 1 aliphatic rings. The second-order valence-electron chi connectivity index (χ2n) is 5.39. The summed E-state index contributed by atoms with van der Waals surface area (Å²) in [5.41, 5.74) is 1.40. The van der Waals surface area contributed by atoms with Crippen LogP contribution in [0.2, 0.25) is 5.02 Å². The quantitative estimate of drug-likeness (QED) is 0.841. The van der Waals surface area contributed by atoms with Crippen LogP contribution >= 0.6 is 23.4 Å². The molecule has 18 heavy (non-hydrogen) atoms. The van der Waals surface area contributed by atoms with E-state index in [1.54, 1.807) is 0 Å². The Morgan fingerprint density at radius 3 is 2.89 bits per heavy atom. The fourth-order valence-corrected chi connectivity index (χ4v) is 3.41. The van der Waals surface area contributed by atoms with Crippen LogP contribution in [0.25, 0.3) is 0 Å². The third-order valence-electron chi connectivity index (χ3n) is 3.66. The molecule has 1 saturated carbocycles. The van der Waals surface area contributed by atoms with Gasteiger partial charge < -0.3 is 5.32 Å². The summed E-state index contributed by atoms with van der Waals surface area (Å²) in [5.74, 6) is 2.72. The SMILES string of the molecule is CSCC(C)CNC1CC(c2cccc(Cl)c2)C1. The first-order valence-corrected chi connectivity index (χ1v) is 8.44. The first-order valence-electron chi connectivity index (χ1n) is 6.67. The van der Waals surface area contributed by atoms with Gasteiger partial charge in [-0.05, 0) is 60.9 Å². The van der Waals surface area contributed by atoms with Crippen LogP contribution in [0.3, 0.4) is 0 Å². The van der Waals surface area contributed by atoms with Crippen LogP contribution in [-0.2, 0) is 0 Å². The zero-order valence-corrected chi connectivity index (χ0v) is 12.7. The molecule has 0 spiro atoms. The van der Waals surface area contributed by atoms with Crippen LogP contribution < -0.4 is 5.32 Å². The van der Waals surface area contributed by atoms with E-state index in [-0.39, 0.29) is 0 Å². The number of hydrogen-bond acceptors (Lipinski definition) is 2. The van der Waals surface area contributed by atoms with Crippen LogP contribution in [0, 0.1) is 5.92 Å². The molecule has 0 amide bonds. The highest BCUT2D eigenvalue weighted by atomic mass is 35.5. The van der Waals surface area contributed by atoms with Gasteiger partial charge >= 0.3 is 0 Å². The predicted molar refractivity (Wildman–Crippen MR) is 82.8 cm³/mol. The summed E-state index contributed by atoms with van der Waals surface area (Å²) in [5, 5.41) is 4.53. The van der Waals surface area contributed by atoms with Crippen molar-refractivity contribution in [2.75, 3.05) is 18.6 Å². The van der Waals surface area contributed by atoms with Crippen molar-refractivity contribution in [2.24, 2.45) is 5.92 Å². The minimum Gasteiger partial charge on any atom is -0.314 e. The molecular weight excluding hydrogens is 262 g/mol. The molecule has 0 aliphatic heterocycles. The Balaban J connectivity index is 1.71. The molecule has 0 radical (unpaired) electrons. The Labute approximate surface area is 120 Å². The van der Waals surface area contributed by atoms with Crippen molar-refractivity contribution < 1.29 is 0 Å². The Bertz CT molecular complexity index is 377. The minimum atomic E-state index is 0.706. The van der Waals surface area contributed by atoms with Crippen molar-refractivity contribution in [3.63, 3.8) is 0 Å². The Kier molecular flexibility index (Phi) is 5.40. The van der Waals surface area contributed by atoms with Gasteiger partial charge in [-0.1, -0.05) is 30.7 Å². The predicted octanol–water partition coefficient (Wildman–Crippen LogP) is 4.17. The van der Waals surface area contributed by atoms with Gasteiger partial charge in [0.05, 0.1) is 0 Å². The number of rotatable bonds is 6. The zero-order chi connectivity index (χ0) is 13.0. The molecule has 1 fully saturated rings. The monoisotopic (exact) mass is 283 g/mol. The van der Waals surface area contributed by atoms with E-state index < -0.39 is 0 Å². The maximum Gasteiger partial charge on any atom is 0.0408 e. The number of benzene rings is 1. The molecule has 100 valence electrons. The Morgan fingerprint density at radius 1 is 1.44 bits per heavy atom. The van der Waals surface area contributed by atoms with Crippen LogP contribution in [0.1, 0.15) is 31.2 Å². The molecule has 1 atom stereocenters. The average Bonchev–Trinajstić information content (AvgIpc) is 2.27.